The Labute approximate surface area is 134 Å². The number of halogens is 1. The summed E-state index contributed by atoms with van der Waals surface area (Å²) in [6, 6.07) is 11.8. The number of nitrogens with two attached hydrogens (primary N) is 1. The molecule has 0 radical (unpaired) electrons. The SMILES string of the molecule is Cc1cc(OCCOc2ccccc2CN)cc(C)c1Br. The molecule has 0 amide bonds. The predicted molar refractivity (Wildman–Crippen MR) is 88.9 cm³/mol. The van der Waals surface area contributed by atoms with Crippen molar-refractivity contribution in [3.63, 3.8) is 0 Å². The fourth-order valence-corrected chi connectivity index (χ4v) is 2.34. The van der Waals surface area contributed by atoms with Gasteiger partial charge in [0.1, 0.15) is 24.7 Å². The predicted octanol–water partition coefficient (Wildman–Crippen LogP) is 3.98. The molecule has 4 heteroatoms. The van der Waals surface area contributed by atoms with Crippen molar-refractivity contribution in [2.75, 3.05) is 13.2 Å². The highest BCUT2D eigenvalue weighted by Gasteiger charge is 2.04. The van der Waals surface area contributed by atoms with Gasteiger partial charge in [-0.05, 0) is 43.2 Å². The van der Waals surface area contributed by atoms with Crippen LogP contribution in [-0.4, -0.2) is 13.2 Å². The molecule has 0 aliphatic heterocycles. The molecule has 112 valence electrons. The molecular formula is C17H20BrNO2. The minimum atomic E-state index is 0.474. The quantitative estimate of drug-likeness (QED) is 0.802. The normalized spacial score (nSPS) is 10.5. The van der Waals surface area contributed by atoms with Gasteiger partial charge >= 0.3 is 0 Å². The van der Waals surface area contributed by atoms with E-state index in [1.165, 1.54) is 11.1 Å². The number of ether oxygens (including phenoxy) is 2. The number of hydrogen-bond acceptors (Lipinski definition) is 3. The summed E-state index contributed by atoms with van der Waals surface area (Å²) in [6.07, 6.45) is 0. The fraction of sp³-hybridized carbons (Fsp3) is 0.294. The van der Waals surface area contributed by atoms with Gasteiger partial charge in [0.15, 0.2) is 0 Å². The minimum Gasteiger partial charge on any atom is -0.490 e. The highest BCUT2D eigenvalue weighted by molar-refractivity contribution is 9.10. The van der Waals surface area contributed by atoms with Crippen LogP contribution in [0.15, 0.2) is 40.9 Å². The summed E-state index contributed by atoms with van der Waals surface area (Å²) in [4.78, 5) is 0. The van der Waals surface area contributed by atoms with Crippen LogP contribution in [0.5, 0.6) is 11.5 Å². The van der Waals surface area contributed by atoms with Gasteiger partial charge < -0.3 is 15.2 Å². The summed E-state index contributed by atoms with van der Waals surface area (Å²) in [5.41, 5.74) is 9.02. The fourth-order valence-electron chi connectivity index (χ4n) is 2.11. The standard InChI is InChI=1S/C17H20BrNO2/c1-12-9-15(10-13(2)17(12)18)20-7-8-21-16-6-4-3-5-14(16)11-19/h3-6,9-10H,7-8,11,19H2,1-2H3. The van der Waals surface area contributed by atoms with Gasteiger partial charge in [-0.3, -0.25) is 0 Å². The molecule has 2 aromatic rings. The Morgan fingerprint density at radius 2 is 1.62 bits per heavy atom. The van der Waals surface area contributed by atoms with E-state index in [9.17, 15) is 0 Å². The highest BCUT2D eigenvalue weighted by atomic mass is 79.9. The van der Waals surface area contributed by atoms with Crippen LogP contribution in [0.1, 0.15) is 16.7 Å². The average molecular weight is 350 g/mol. The number of para-hydroxylation sites is 1. The molecule has 0 bridgehead atoms. The summed E-state index contributed by atoms with van der Waals surface area (Å²) in [7, 11) is 0. The van der Waals surface area contributed by atoms with E-state index in [-0.39, 0.29) is 0 Å². The largest absolute Gasteiger partial charge is 0.490 e. The molecule has 0 heterocycles. The summed E-state index contributed by atoms with van der Waals surface area (Å²) in [5, 5.41) is 0. The maximum absolute atomic E-state index is 5.74. The molecule has 21 heavy (non-hydrogen) atoms. The van der Waals surface area contributed by atoms with Crippen LogP contribution in [-0.2, 0) is 6.54 Å². The van der Waals surface area contributed by atoms with Crippen LogP contribution in [0.2, 0.25) is 0 Å². The lowest BCUT2D eigenvalue weighted by molar-refractivity contribution is 0.216. The third-order valence-electron chi connectivity index (χ3n) is 3.21. The second-order valence-corrected chi connectivity index (χ2v) is 5.67. The van der Waals surface area contributed by atoms with Gasteiger partial charge in [-0.1, -0.05) is 34.1 Å². The van der Waals surface area contributed by atoms with E-state index in [2.05, 4.69) is 29.8 Å². The van der Waals surface area contributed by atoms with Gasteiger partial charge in [-0.2, -0.15) is 0 Å². The third-order valence-corrected chi connectivity index (χ3v) is 4.46. The van der Waals surface area contributed by atoms with E-state index in [4.69, 9.17) is 15.2 Å². The van der Waals surface area contributed by atoms with Crippen LogP contribution < -0.4 is 15.2 Å². The number of aryl methyl sites for hydroxylation is 2. The summed E-state index contributed by atoms with van der Waals surface area (Å²) in [6.45, 7) is 5.57. The van der Waals surface area contributed by atoms with Crippen LogP contribution in [0.25, 0.3) is 0 Å². The molecule has 0 aromatic heterocycles. The zero-order valence-corrected chi connectivity index (χ0v) is 13.9. The van der Waals surface area contributed by atoms with Crippen LogP contribution in [0.3, 0.4) is 0 Å². The Balaban J connectivity index is 1.88. The van der Waals surface area contributed by atoms with Crippen LogP contribution >= 0.6 is 15.9 Å². The topological polar surface area (TPSA) is 44.5 Å². The Hall–Kier alpha value is -1.52. The lowest BCUT2D eigenvalue weighted by Gasteiger charge is -2.12. The van der Waals surface area contributed by atoms with E-state index in [1.807, 2.05) is 36.4 Å². The van der Waals surface area contributed by atoms with Crippen molar-refractivity contribution in [2.24, 2.45) is 5.73 Å². The molecule has 3 nitrogen and oxygen atoms in total. The Kier molecular flexibility index (Phi) is 5.65. The first-order valence-electron chi connectivity index (χ1n) is 6.92. The summed E-state index contributed by atoms with van der Waals surface area (Å²) < 4.78 is 12.6. The van der Waals surface area contributed by atoms with Crippen LogP contribution in [0.4, 0.5) is 0 Å². The van der Waals surface area contributed by atoms with Crippen molar-refractivity contribution >= 4 is 15.9 Å². The molecule has 0 saturated heterocycles. The van der Waals surface area contributed by atoms with Crippen molar-refractivity contribution in [3.8, 4) is 11.5 Å². The zero-order valence-electron chi connectivity index (χ0n) is 12.4. The Morgan fingerprint density at radius 1 is 1.00 bits per heavy atom. The second kappa shape index (κ2) is 7.48. The van der Waals surface area contributed by atoms with Gasteiger partial charge in [-0.25, -0.2) is 0 Å². The lowest BCUT2D eigenvalue weighted by Crippen LogP contribution is -2.11. The lowest BCUT2D eigenvalue weighted by atomic mass is 10.1. The molecule has 2 aromatic carbocycles. The van der Waals surface area contributed by atoms with Crippen molar-refractivity contribution < 1.29 is 9.47 Å². The van der Waals surface area contributed by atoms with E-state index in [0.29, 0.717) is 19.8 Å². The van der Waals surface area contributed by atoms with Crippen LogP contribution in [0, 0.1) is 13.8 Å². The van der Waals surface area contributed by atoms with E-state index in [0.717, 1.165) is 21.5 Å². The molecule has 0 aliphatic rings. The zero-order chi connectivity index (χ0) is 15.2. The number of benzene rings is 2. The molecule has 0 unspecified atom stereocenters. The van der Waals surface area contributed by atoms with E-state index in [1.54, 1.807) is 0 Å². The number of hydrogen-bond donors (Lipinski definition) is 1. The Morgan fingerprint density at radius 3 is 2.29 bits per heavy atom. The molecule has 0 fully saturated rings. The third kappa shape index (κ3) is 4.22. The molecular weight excluding hydrogens is 330 g/mol. The van der Waals surface area contributed by atoms with Gasteiger partial charge in [0.2, 0.25) is 0 Å². The first-order chi connectivity index (χ1) is 10.1. The van der Waals surface area contributed by atoms with Gasteiger partial charge in [-0.15, -0.1) is 0 Å². The monoisotopic (exact) mass is 349 g/mol. The summed E-state index contributed by atoms with van der Waals surface area (Å²) in [5.74, 6) is 1.69. The number of rotatable bonds is 6. The molecule has 0 atom stereocenters. The smallest absolute Gasteiger partial charge is 0.123 e. The van der Waals surface area contributed by atoms with E-state index >= 15 is 0 Å². The van der Waals surface area contributed by atoms with Crippen molar-refractivity contribution in [2.45, 2.75) is 20.4 Å². The van der Waals surface area contributed by atoms with Gasteiger partial charge in [0.05, 0.1) is 0 Å². The minimum absolute atomic E-state index is 0.474. The molecule has 0 spiro atoms. The molecule has 0 saturated carbocycles. The average Bonchev–Trinajstić information content (AvgIpc) is 2.49. The van der Waals surface area contributed by atoms with Crippen molar-refractivity contribution in [3.05, 3.63) is 57.6 Å². The van der Waals surface area contributed by atoms with Gasteiger partial charge in [0, 0.05) is 16.6 Å². The molecule has 2 rings (SSSR count). The Bertz CT molecular complexity index is 590. The highest BCUT2D eigenvalue weighted by Crippen LogP contribution is 2.26. The van der Waals surface area contributed by atoms with Crippen molar-refractivity contribution in [1.82, 2.24) is 0 Å². The molecule has 2 N–H and O–H groups in total. The summed E-state index contributed by atoms with van der Waals surface area (Å²) >= 11 is 3.55. The first kappa shape index (κ1) is 15.9. The van der Waals surface area contributed by atoms with Crippen molar-refractivity contribution in [1.29, 1.82) is 0 Å². The van der Waals surface area contributed by atoms with Gasteiger partial charge in [0.25, 0.3) is 0 Å². The second-order valence-electron chi connectivity index (χ2n) is 4.88. The maximum Gasteiger partial charge on any atom is 0.123 e. The molecule has 0 aliphatic carbocycles. The first-order valence-corrected chi connectivity index (χ1v) is 7.71. The maximum atomic E-state index is 5.74. The van der Waals surface area contributed by atoms with E-state index < -0.39 is 0 Å².